The van der Waals surface area contributed by atoms with Crippen molar-refractivity contribution in [2.75, 3.05) is 12.3 Å². The summed E-state index contributed by atoms with van der Waals surface area (Å²) in [6.07, 6.45) is 0.909. The molecule has 0 spiro atoms. The first kappa shape index (κ1) is 25.3. The van der Waals surface area contributed by atoms with Crippen molar-refractivity contribution in [3.8, 4) is 0 Å². The molecule has 1 atom stereocenters. The van der Waals surface area contributed by atoms with Gasteiger partial charge in [-0.1, -0.05) is 72.8 Å². The summed E-state index contributed by atoms with van der Waals surface area (Å²) in [5.41, 5.74) is 19.8. The third-order valence-electron chi connectivity index (χ3n) is 5.55. The molecule has 3 aromatic rings. The minimum absolute atomic E-state index is 0.00777. The molecule has 8 heteroatoms. The molecule has 8 nitrogen and oxygen atoms in total. The number of benzene rings is 3. The van der Waals surface area contributed by atoms with Gasteiger partial charge in [-0.15, -0.1) is 0 Å². The van der Waals surface area contributed by atoms with E-state index in [2.05, 4.69) is 15.6 Å². The lowest BCUT2D eigenvalue weighted by Gasteiger charge is -2.23. The van der Waals surface area contributed by atoms with Gasteiger partial charge < -0.3 is 27.8 Å². The highest BCUT2D eigenvalue weighted by molar-refractivity contribution is 5.92. The fourth-order valence-electron chi connectivity index (χ4n) is 3.76. The topological polar surface area (TPSA) is 149 Å². The van der Waals surface area contributed by atoms with Crippen LogP contribution >= 0.6 is 0 Å². The largest absolute Gasteiger partial charge is 0.399 e. The van der Waals surface area contributed by atoms with Crippen molar-refractivity contribution >= 4 is 23.5 Å². The Bertz CT molecular complexity index is 1070. The second-order valence-corrected chi connectivity index (χ2v) is 8.22. The predicted octanol–water partition coefficient (Wildman–Crippen LogP) is 2.26. The van der Waals surface area contributed by atoms with Gasteiger partial charge in [0.2, 0.25) is 11.8 Å². The van der Waals surface area contributed by atoms with Crippen LogP contribution in [0.25, 0.3) is 0 Å². The number of nitrogens with one attached hydrogen (secondary N) is 2. The van der Waals surface area contributed by atoms with Crippen LogP contribution in [0.4, 0.5) is 5.69 Å². The van der Waals surface area contributed by atoms with Crippen LogP contribution in [0.1, 0.15) is 35.4 Å². The number of hydrogen-bond acceptors (Lipinski definition) is 4. The number of carbonyl (C=O) groups excluding carboxylic acids is 2. The van der Waals surface area contributed by atoms with E-state index in [0.29, 0.717) is 31.6 Å². The lowest BCUT2D eigenvalue weighted by atomic mass is 9.90. The van der Waals surface area contributed by atoms with Crippen molar-refractivity contribution in [2.24, 2.45) is 16.5 Å². The highest BCUT2D eigenvalue weighted by Crippen LogP contribution is 2.25. The molecule has 3 rings (SSSR count). The average Bonchev–Trinajstić information content (AvgIpc) is 2.86. The third-order valence-corrected chi connectivity index (χ3v) is 5.55. The average molecular weight is 473 g/mol. The standard InChI is InChI=1S/C27H32N6O2/c28-22-15-13-19(14-16-22)18-32-25(34)23(12-7-17-31-27(29)30)33-26(35)24(20-8-3-1-4-9-20)21-10-5-2-6-11-21/h1-6,8-11,13-16,23-24H,7,12,17-18,28H2,(H,32,34)(H,33,35)(H4,29,30,31)/t23-/m1/s1. The van der Waals surface area contributed by atoms with Gasteiger partial charge in [0.25, 0.3) is 0 Å². The molecule has 0 aliphatic carbocycles. The molecule has 0 bridgehead atoms. The van der Waals surface area contributed by atoms with Crippen molar-refractivity contribution in [2.45, 2.75) is 31.3 Å². The lowest BCUT2D eigenvalue weighted by Crippen LogP contribution is -2.48. The van der Waals surface area contributed by atoms with Crippen molar-refractivity contribution < 1.29 is 9.59 Å². The van der Waals surface area contributed by atoms with E-state index in [0.717, 1.165) is 16.7 Å². The van der Waals surface area contributed by atoms with Crippen LogP contribution in [0, 0.1) is 0 Å². The predicted molar refractivity (Wildman–Crippen MR) is 139 cm³/mol. The molecule has 0 aliphatic heterocycles. The quantitative estimate of drug-likeness (QED) is 0.126. The normalized spacial score (nSPS) is 11.5. The Morgan fingerprint density at radius 2 is 1.37 bits per heavy atom. The Hall–Kier alpha value is -4.33. The number of nitrogen functional groups attached to an aromatic ring is 1. The number of nitrogens with zero attached hydrogens (tertiary/aromatic N) is 1. The van der Waals surface area contributed by atoms with E-state index in [9.17, 15) is 9.59 Å². The van der Waals surface area contributed by atoms with Gasteiger partial charge in [-0.3, -0.25) is 14.6 Å². The van der Waals surface area contributed by atoms with E-state index < -0.39 is 12.0 Å². The Labute approximate surface area is 205 Å². The molecule has 0 aliphatic rings. The van der Waals surface area contributed by atoms with Crippen LogP contribution in [0.5, 0.6) is 0 Å². The maximum Gasteiger partial charge on any atom is 0.242 e. The van der Waals surface area contributed by atoms with Crippen molar-refractivity contribution in [1.29, 1.82) is 0 Å². The van der Waals surface area contributed by atoms with E-state index in [-0.39, 0.29) is 17.8 Å². The van der Waals surface area contributed by atoms with Crippen LogP contribution in [0.2, 0.25) is 0 Å². The van der Waals surface area contributed by atoms with Crippen LogP contribution in [-0.4, -0.2) is 30.4 Å². The van der Waals surface area contributed by atoms with Crippen LogP contribution in [0.3, 0.4) is 0 Å². The van der Waals surface area contributed by atoms with Gasteiger partial charge in [0.15, 0.2) is 5.96 Å². The first-order valence-electron chi connectivity index (χ1n) is 11.5. The zero-order valence-corrected chi connectivity index (χ0v) is 19.6. The summed E-state index contributed by atoms with van der Waals surface area (Å²) in [7, 11) is 0. The first-order valence-corrected chi connectivity index (χ1v) is 11.5. The Balaban J connectivity index is 1.76. The minimum Gasteiger partial charge on any atom is -0.399 e. The lowest BCUT2D eigenvalue weighted by molar-refractivity contribution is -0.129. The monoisotopic (exact) mass is 472 g/mol. The van der Waals surface area contributed by atoms with Gasteiger partial charge in [0, 0.05) is 18.8 Å². The molecular weight excluding hydrogens is 440 g/mol. The van der Waals surface area contributed by atoms with Crippen molar-refractivity contribution in [1.82, 2.24) is 10.6 Å². The molecule has 2 amide bonds. The Kier molecular flexibility index (Phi) is 9.24. The number of guanidine groups is 1. The van der Waals surface area contributed by atoms with E-state index in [1.165, 1.54) is 0 Å². The Morgan fingerprint density at radius 3 is 1.91 bits per heavy atom. The maximum absolute atomic E-state index is 13.5. The molecular formula is C27H32N6O2. The van der Waals surface area contributed by atoms with Crippen LogP contribution in [-0.2, 0) is 16.1 Å². The fourth-order valence-corrected chi connectivity index (χ4v) is 3.76. The summed E-state index contributed by atoms with van der Waals surface area (Å²) in [6.45, 7) is 0.681. The van der Waals surface area contributed by atoms with E-state index >= 15 is 0 Å². The van der Waals surface area contributed by atoms with Gasteiger partial charge in [-0.25, -0.2) is 0 Å². The van der Waals surface area contributed by atoms with Crippen molar-refractivity contribution in [3.05, 3.63) is 102 Å². The highest BCUT2D eigenvalue weighted by Gasteiger charge is 2.27. The van der Waals surface area contributed by atoms with Gasteiger partial charge in [-0.2, -0.15) is 0 Å². The minimum atomic E-state index is -0.750. The third kappa shape index (κ3) is 7.89. The summed E-state index contributed by atoms with van der Waals surface area (Å²) >= 11 is 0. The zero-order valence-electron chi connectivity index (χ0n) is 19.6. The van der Waals surface area contributed by atoms with Crippen molar-refractivity contribution in [3.63, 3.8) is 0 Å². The molecule has 3 aromatic carbocycles. The van der Waals surface area contributed by atoms with E-state index in [1.807, 2.05) is 72.8 Å². The van der Waals surface area contributed by atoms with Gasteiger partial charge in [0.1, 0.15) is 6.04 Å². The maximum atomic E-state index is 13.5. The van der Waals surface area contributed by atoms with Gasteiger partial charge >= 0.3 is 0 Å². The summed E-state index contributed by atoms with van der Waals surface area (Å²) < 4.78 is 0. The number of nitrogens with two attached hydrogens (primary N) is 3. The molecule has 8 N–H and O–H groups in total. The molecule has 0 radical (unpaired) electrons. The van der Waals surface area contributed by atoms with Crippen LogP contribution in [0.15, 0.2) is 89.9 Å². The van der Waals surface area contributed by atoms with Gasteiger partial charge in [0.05, 0.1) is 5.92 Å². The number of rotatable bonds is 11. The number of anilines is 1. The molecule has 0 heterocycles. The summed E-state index contributed by atoms with van der Waals surface area (Å²) in [5.74, 6) is -1.09. The van der Waals surface area contributed by atoms with E-state index in [4.69, 9.17) is 17.2 Å². The first-order chi connectivity index (χ1) is 16.9. The summed E-state index contributed by atoms with van der Waals surface area (Å²) in [5, 5.41) is 5.88. The number of carbonyl (C=O) groups is 2. The number of hydrogen-bond donors (Lipinski definition) is 5. The number of amides is 2. The molecule has 0 saturated carbocycles. The molecule has 35 heavy (non-hydrogen) atoms. The number of aliphatic imine (C=N–C) groups is 1. The zero-order chi connectivity index (χ0) is 25.0. The summed E-state index contributed by atoms with van der Waals surface area (Å²) in [6, 6.07) is 25.5. The van der Waals surface area contributed by atoms with Crippen LogP contribution < -0.4 is 27.8 Å². The van der Waals surface area contributed by atoms with E-state index in [1.54, 1.807) is 12.1 Å². The fraction of sp³-hybridized carbons (Fsp3) is 0.222. The van der Waals surface area contributed by atoms with Gasteiger partial charge in [-0.05, 0) is 41.7 Å². The smallest absolute Gasteiger partial charge is 0.242 e. The highest BCUT2D eigenvalue weighted by atomic mass is 16.2. The molecule has 182 valence electrons. The Morgan fingerprint density at radius 1 is 0.800 bits per heavy atom. The second-order valence-electron chi connectivity index (χ2n) is 8.22. The molecule has 0 unspecified atom stereocenters. The molecule has 0 aromatic heterocycles. The molecule has 0 saturated heterocycles. The summed E-state index contributed by atoms with van der Waals surface area (Å²) in [4.78, 5) is 30.6. The molecule has 0 fully saturated rings. The SMILES string of the molecule is NC(N)=NCCC[C@@H](NC(=O)C(c1ccccc1)c1ccccc1)C(=O)NCc1ccc(N)cc1. The second kappa shape index (κ2) is 12.8.